The van der Waals surface area contributed by atoms with Crippen molar-refractivity contribution in [2.75, 3.05) is 0 Å². The van der Waals surface area contributed by atoms with Gasteiger partial charge in [0, 0.05) is 14.1 Å². The van der Waals surface area contributed by atoms with Crippen LogP contribution < -0.4 is 0 Å². The van der Waals surface area contributed by atoms with Crippen LogP contribution in [-0.4, -0.2) is 4.75 Å². The van der Waals surface area contributed by atoms with E-state index >= 15 is 0 Å². The zero-order chi connectivity index (χ0) is 14.1. The molecule has 2 rings (SSSR count). The van der Waals surface area contributed by atoms with Crippen molar-refractivity contribution in [1.82, 2.24) is 0 Å². The minimum atomic E-state index is 0.340. The van der Waals surface area contributed by atoms with Crippen LogP contribution in [0.15, 0.2) is 21.5 Å². The first-order chi connectivity index (χ1) is 8.34. The number of hydrogen-bond donors (Lipinski definition) is 0. The Morgan fingerprint density at radius 1 is 1.17 bits per heavy atom. The molecule has 0 aromatic heterocycles. The van der Waals surface area contributed by atoms with Gasteiger partial charge in [-0.05, 0) is 42.0 Å². The van der Waals surface area contributed by atoms with E-state index in [1.54, 1.807) is 5.56 Å². The van der Waals surface area contributed by atoms with E-state index in [0.717, 1.165) is 0 Å². The van der Waals surface area contributed by atoms with Crippen LogP contribution in [0.25, 0.3) is 0 Å². The van der Waals surface area contributed by atoms with E-state index in [2.05, 4.69) is 62.7 Å². The zero-order valence-electron chi connectivity index (χ0n) is 12.6. The second-order valence-corrected chi connectivity index (χ2v) is 7.92. The van der Waals surface area contributed by atoms with Crippen LogP contribution in [0.2, 0.25) is 0 Å². The smallest absolute Gasteiger partial charge is 0.0208 e. The van der Waals surface area contributed by atoms with Gasteiger partial charge in [-0.2, -0.15) is 0 Å². The third kappa shape index (κ3) is 2.80. The van der Waals surface area contributed by atoms with E-state index < -0.39 is 0 Å². The summed E-state index contributed by atoms with van der Waals surface area (Å²) in [7, 11) is 0. The second kappa shape index (κ2) is 6.00. The number of hydrogen-bond acceptors (Lipinski definition) is 1. The molecule has 2 heteroatoms. The van der Waals surface area contributed by atoms with Crippen molar-refractivity contribution >= 4 is 27.7 Å². The summed E-state index contributed by atoms with van der Waals surface area (Å²) in [6.07, 6.45) is 0. The Morgan fingerprint density at radius 3 is 2.28 bits per heavy atom. The van der Waals surface area contributed by atoms with Crippen LogP contribution in [0.1, 0.15) is 58.6 Å². The van der Waals surface area contributed by atoms with Crippen molar-refractivity contribution in [3.63, 3.8) is 0 Å². The minimum absolute atomic E-state index is 0.340. The number of benzene rings is 1. The van der Waals surface area contributed by atoms with Gasteiger partial charge in [0.25, 0.3) is 0 Å². The molecule has 1 aliphatic rings. The van der Waals surface area contributed by atoms with Gasteiger partial charge in [-0.15, -0.1) is 11.8 Å². The normalized spacial score (nSPS) is 24.9. The van der Waals surface area contributed by atoms with Gasteiger partial charge in [-0.3, -0.25) is 0 Å². The Kier molecular flexibility index (Phi) is 5.37. The maximum absolute atomic E-state index is 3.64. The Hall–Kier alpha value is 0.0500. The first-order valence-corrected chi connectivity index (χ1v) is 8.43. The fraction of sp³-hybridized carbons (Fsp3) is 0.625. The Morgan fingerprint density at radius 2 is 1.72 bits per heavy atom. The van der Waals surface area contributed by atoms with Gasteiger partial charge in [-0.25, -0.2) is 0 Å². The zero-order valence-corrected chi connectivity index (χ0v) is 15.0. The maximum atomic E-state index is 3.64. The second-order valence-electron chi connectivity index (χ2n) is 5.37. The summed E-state index contributed by atoms with van der Waals surface area (Å²) < 4.78 is 1.58. The molecular formula is C16H25BrS. The predicted octanol–water partition coefficient (Wildman–Crippen LogP) is 6.41. The Balaban J connectivity index is 0.000000771. The van der Waals surface area contributed by atoms with Gasteiger partial charge < -0.3 is 0 Å². The monoisotopic (exact) mass is 328 g/mol. The summed E-state index contributed by atoms with van der Waals surface area (Å²) in [5.74, 6) is 1.35. The lowest BCUT2D eigenvalue weighted by atomic mass is 9.79. The summed E-state index contributed by atoms with van der Waals surface area (Å²) in [5.41, 5.74) is 2.96. The van der Waals surface area contributed by atoms with Gasteiger partial charge in [-0.1, -0.05) is 57.5 Å². The standard InChI is InChI=1S/C14H19BrS.C2H6/c1-8-10(3)14(4,5)16-12-7-6-11(15)9(2)13(8)12;1-2/h6-8,10H,1-5H3;1-2H3. The third-order valence-corrected chi connectivity index (χ3v) is 6.42. The Bertz CT molecular complexity index is 423. The maximum Gasteiger partial charge on any atom is 0.0208 e. The molecule has 0 bridgehead atoms. The van der Waals surface area contributed by atoms with E-state index in [1.807, 2.05) is 25.6 Å². The Labute approximate surface area is 125 Å². The first-order valence-electron chi connectivity index (χ1n) is 6.82. The molecule has 0 spiro atoms. The molecule has 0 saturated carbocycles. The molecule has 1 aliphatic heterocycles. The molecule has 1 aromatic rings. The molecule has 2 unspecified atom stereocenters. The molecule has 0 amide bonds. The topological polar surface area (TPSA) is 0 Å². The molecule has 2 atom stereocenters. The van der Waals surface area contributed by atoms with Crippen molar-refractivity contribution in [3.05, 3.63) is 27.7 Å². The van der Waals surface area contributed by atoms with Crippen molar-refractivity contribution in [3.8, 4) is 0 Å². The lowest BCUT2D eigenvalue weighted by Crippen LogP contribution is -2.33. The van der Waals surface area contributed by atoms with E-state index in [0.29, 0.717) is 16.6 Å². The van der Waals surface area contributed by atoms with E-state index in [1.165, 1.54) is 14.9 Å². The van der Waals surface area contributed by atoms with Crippen LogP contribution >= 0.6 is 27.7 Å². The van der Waals surface area contributed by atoms with Crippen LogP contribution in [0.5, 0.6) is 0 Å². The van der Waals surface area contributed by atoms with Crippen LogP contribution in [0.3, 0.4) is 0 Å². The van der Waals surface area contributed by atoms with Crippen molar-refractivity contribution in [2.45, 2.75) is 64.0 Å². The largest absolute Gasteiger partial charge is 0.119 e. The van der Waals surface area contributed by atoms with Crippen molar-refractivity contribution in [2.24, 2.45) is 5.92 Å². The molecule has 0 N–H and O–H groups in total. The van der Waals surface area contributed by atoms with Gasteiger partial charge in [0.05, 0.1) is 0 Å². The molecular weight excluding hydrogens is 304 g/mol. The van der Waals surface area contributed by atoms with Gasteiger partial charge in [0.15, 0.2) is 0 Å². The van der Waals surface area contributed by atoms with Gasteiger partial charge in [0.1, 0.15) is 0 Å². The van der Waals surface area contributed by atoms with Crippen molar-refractivity contribution in [1.29, 1.82) is 0 Å². The quantitative estimate of drug-likeness (QED) is 0.530. The summed E-state index contributed by atoms with van der Waals surface area (Å²) in [5, 5.41) is 0. The lowest BCUT2D eigenvalue weighted by molar-refractivity contribution is 0.383. The highest BCUT2D eigenvalue weighted by Gasteiger charge is 2.38. The molecule has 18 heavy (non-hydrogen) atoms. The molecule has 0 nitrogen and oxygen atoms in total. The fourth-order valence-electron chi connectivity index (χ4n) is 2.56. The van der Waals surface area contributed by atoms with Crippen LogP contribution in [0, 0.1) is 12.8 Å². The van der Waals surface area contributed by atoms with Gasteiger partial charge in [0.2, 0.25) is 0 Å². The summed E-state index contributed by atoms with van der Waals surface area (Å²) in [4.78, 5) is 1.47. The highest BCUT2D eigenvalue weighted by molar-refractivity contribution is 9.10. The average Bonchev–Trinajstić information content (AvgIpc) is 2.33. The SMILES string of the molecule is CC.Cc1c(Br)ccc2c1C(C)C(C)C(C)(C)S2. The number of halogens is 1. The predicted molar refractivity (Wildman–Crippen MR) is 87.7 cm³/mol. The van der Waals surface area contributed by atoms with E-state index in [-0.39, 0.29) is 0 Å². The molecule has 0 fully saturated rings. The lowest BCUT2D eigenvalue weighted by Gasteiger charge is -2.42. The molecule has 1 heterocycles. The van der Waals surface area contributed by atoms with Gasteiger partial charge >= 0.3 is 0 Å². The number of fused-ring (bicyclic) bond motifs is 1. The van der Waals surface area contributed by atoms with Crippen LogP contribution in [0.4, 0.5) is 0 Å². The molecule has 102 valence electrons. The first kappa shape index (κ1) is 16.1. The van der Waals surface area contributed by atoms with E-state index in [4.69, 9.17) is 0 Å². The molecule has 0 radical (unpaired) electrons. The molecule has 1 aromatic carbocycles. The number of thioether (sulfide) groups is 1. The third-order valence-electron chi connectivity index (χ3n) is 4.08. The highest BCUT2D eigenvalue weighted by Crippen LogP contribution is 2.53. The fourth-order valence-corrected chi connectivity index (χ4v) is 4.45. The van der Waals surface area contributed by atoms with E-state index in [9.17, 15) is 0 Å². The van der Waals surface area contributed by atoms with Crippen molar-refractivity contribution < 1.29 is 0 Å². The summed E-state index contributed by atoms with van der Waals surface area (Å²) in [6, 6.07) is 4.45. The molecule has 0 saturated heterocycles. The van der Waals surface area contributed by atoms with Crippen LogP contribution in [-0.2, 0) is 0 Å². The highest BCUT2D eigenvalue weighted by atomic mass is 79.9. The summed E-state index contributed by atoms with van der Waals surface area (Å²) in [6.45, 7) is 15.7. The molecule has 0 aliphatic carbocycles. The minimum Gasteiger partial charge on any atom is -0.119 e. The average molecular weight is 329 g/mol. The summed E-state index contributed by atoms with van der Waals surface area (Å²) >= 11 is 5.67. The number of rotatable bonds is 0.